The summed E-state index contributed by atoms with van der Waals surface area (Å²) >= 11 is 0. The number of amides is 1. The van der Waals surface area contributed by atoms with Crippen molar-refractivity contribution < 1.29 is 23.9 Å². The van der Waals surface area contributed by atoms with Crippen LogP contribution in [0.25, 0.3) is 0 Å². The first-order valence-corrected chi connectivity index (χ1v) is 14.7. The molecule has 8 nitrogen and oxygen atoms in total. The van der Waals surface area contributed by atoms with E-state index >= 15 is 0 Å². The molecule has 0 spiro atoms. The maximum Gasteiger partial charge on any atom is 0.411 e. The molecule has 8 heteroatoms. The standard InChI is InChI=1S/C33H47N3O5/c1-24(2)19-30(31(38)40-22-27-15-11-8-12-16-27)35-23-36(32(39)41-33(4,5)6)29(20-26-13-9-7-10-14-26)28(35)17-18-34-25(3)21-37/h7-16,21,24-25,28-30,34H,17-20,22-23H2,1-6H3/t25-,28+,29-,30-/m0/s1. The van der Waals surface area contributed by atoms with E-state index < -0.39 is 17.7 Å². The summed E-state index contributed by atoms with van der Waals surface area (Å²) in [7, 11) is 0. The van der Waals surface area contributed by atoms with E-state index in [0.717, 1.165) is 17.4 Å². The van der Waals surface area contributed by atoms with E-state index in [9.17, 15) is 14.4 Å². The fourth-order valence-corrected chi connectivity index (χ4v) is 5.26. The Morgan fingerprint density at radius 2 is 1.59 bits per heavy atom. The number of aldehydes is 1. The van der Waals surface area contributed by atoms with E-state index in [1.54, 1.807) is 4.90 Å². The summed E-state index contributed by atoms with van der Waals surface area (Å²) in [6.07, 6.45) is 2.31. The van der Waals surface area contributed by atoms with Crippen molar-refractivity contribution in [2.24, 2.45) is 5.92 Å². The monoisotopic (exact) mass is 565 g/mol. The Balaban J connectivity index is 1.96. The van der Waals surface area contributed by atoms with Crippen molar-refractivity contribution in [1.82, 2.24) is 15.1 Å². The van der Waals surface area contributed by atoms with Gasteiger partial charge in [-0.2, -0.15) is 0 Å². The van der Waals surface area contributed by atoms with E-state index in [1.807, 2.05) is 76.2 Å². The zero-order chi connectivity index (χ0) is 30.0. The van der Waals surface area contributed by atoms with Crippen LogP contribution in [0, 0.1) is 5.92 Å². The molecule has 41 heavy (non-hydrogen) atoms. The summed E-state index contributed by atoms with van der Waals surface area (Å²) < 4.78 is 11.7. The van der Waals surface area contributed by atoms with Gasteiger partial charge in [-0.3, -0.25) is 14.6 Å². The van der Waals surface area contributed by atoms with Gasteiger partial charge in [0.1, 0.15) is 24.5 Å². The smallest absolute Gasteiger partial charge is 0.411 e. The molecule has 2 aromatic rings. The second-order valence-corrected chi connectivity index (χ2v) is 12.3. The topological polar surface area (TPSA) is 88.2 Å². The summed E-state index contributed by atoms with van der Waals surface area (Å²) in [6, 6.07) is 18.5. The maximum atomic E-state index is 13.7. The largest absolute Gasteiger partial charge is 0.460 e. The number of carbonyl (C=O) groups is 3. The lowest BCUT2D eigenvalue weighted by atomic mass is 9.94. The normalized spacial score (nSPS) is 19.1. The van der Waals surface area contributed by atoms with E-state index in [4.69, 9.17) is 9.47 Å². The summed E-state index contributed by atoms with van der Waals surface area (Å²) in [4.78, 5) is 42.5. The molecule has 1 saturated heterocycles. The van der Waals surface area contributed by atoms with Gasteiger partial charge in [0.25, 0.3) is 0 Å². The Bertz CT molecular complexity index is 1100. The van der Waals surface area contributed by atoms with Gasteiger partial charge < -0.3 is 19.6 Å². The predicted octanol–water partition coefficient (Wildman–Crippen LogP) is 5.20. The highest BCUT2D eigenvalue weighted by Crippen LogP contribution is 2.32. The number of nitrogens with zero attached hydrogens (tertiary/aromatic N) is 2. The zero-order valence-corrected chi connectivity index (χ0v) is 25.4. The summed E-state index contributed by atoms with van der Waals surface area (Å²) in [5.41, 5.74) is 1.36. The average molecular weight is 566 g/mol. The maximum absolute atomic E-state index is 13.7. The van der Waals surface area contributed by atoms with Crippen LogP contribution in [0.3, 0.4) is 0 Å². The van der Waals surface area contributed by atoms with Crippen LogP contribution in [0.2, 0.25) is 0 Å². The summed E-state index contributed by atoms with van der Waals surface area (Å²) in [6.45, 7) is 12.6. The molecule has 224 valence electrons. The second kappa shape index (κ2) is 15.1. The van der Waals surface area contributed by atoms with Gasteiger partial charge in [-0.05, 0) is 70.5 Å². The third-order valence-electron chi connectivity index (χ3n) is 7.20. The van der Waals surface area contributed by atoms with Gasteiger partial charge >= 0.3 is 12.1 Å². The Labute approximate surface area is 245 Å². The SMILES string of the molecule is CC(C)C[C@@H](C(=O)OCc1ccccc1)N1CN(C(=O)OC(C)(C)C)[C@@H](Cc2ccccc2)[C@H]1CCN[C@@H](C)C=O. The minimum Gasteiger partial charge on any atom is -0.460 e. The number of hydrogen-bond donors (Lipinski definition) is 1. The molecule has 0 saturated carbocycles. The fourth-order valence-electron chi connectivity index (χ4n) is 5.26. The highest BCUT2D eigenvalue weighted by molar-refractivity contribution is 5.76. The predicted molar refractivity (Wildman–Crippen MR) is 160 cm³/mol. The third kappa shape index (κ3) is 9.97. The van der Waals surface area contributed by atoms with Crippen LogP contribution >= 0.6 is 0 Å². The molecule has 0 bridgehead atoms. The minimum atomic E-state index is -0.663. The first-order valence-electron chi connectivity index (χ1n) is 14.7. The van der Waals surface area contributed by atoms with Crippen molar-refractivity contribution in [3.8, 4) is 0 Å². The van der Waals surface area contributed by atoms with Gasteiger partial charge in [0, 0.05) is 6.04 Å². The van der Waals surface area contributed by atoms with Gasteiger partial charge in [0.2, 0.25) is 0 Å². The van der Waals surface area contributed by atoms with Gasteiger partial charge in [-0.25, -0.2) is 4.79 Å². The van der Waals surface area contributed by atoms with Crippen molar-refractivity contribution in [3.05, 3.63) is 71.8 Å². The van der Waals surface area contributed by atoms with Crippen molar-refractivity contribution in [2.75, 3.05) is 13.2 Å². The molecule has 1 N–H and O–H groups in total. The van der Waals surface area contributed by atoms with E-state index in [2.05, 4.69) is 36.2 Å². The van der Waals surface area contributed by atoms with Crippen LogP contribution in [0.4, 0.5) is 4.79 Å². The van der Waals surface area contributed by atoms with E-state index in [0.29, 0.717) is 25.8 Å². The molecule has 0 unspecified atom stereocenters. The van der Waals surface area contributed by atoms with E-state index in [-0.39, 0.29) is 43.3 Å². The Morgan fingerprint density at radius 1 is 0.976 bits per heavy atom. The lowest BCUT2D eigenvalue weighted by Crippen LogP contribution is -2.49. The minimum absolute atomic E-state index is 0.165. The third-order valence-corrected chi connectivity index (χ3v) is 7.20. The number of hydrogen-bond acceptors (Lipinski definition) is 7. The molecule has 1 fully saturated rings. The Kier molecular flexibility index (Phi) is 11.9. The molecule has 3 rings (SSSR count). The first kappa shape index (κ1) is 32.3. The van der Waals surface area contributed by atoms with Crippen LogP contribution in [0.15, 0.2) is 60.7 Å². The molecule has 0 radical (unpaired) electrons. The van der Waals surface area contributed by atoms with Crippen LogP contribution in [0.5, 0.6) is 0 Å². The number of benzene rings is 2. The quantitative estimate of drug-likeness (QED) is 0.264. The molecule has 1 amide bonds. The first-order chi connectivity index (χ1) is 19.5. The van der Waals surface area contributed by atoms with Crippen molar-refractivity contribution in [3.63, 3.8) is 0 Å². The van der Waals surface area contributed by atoms with Crippen LogP contribution in [0.1, 0.15) is 65.5 Å². The van der Waals surface area contributed by atoms with Gasteiger partial charge in [0.15, 0.2) is 0 Å². The highest BCUT2D eigenvalue weighted by Gasteiger charge is 2.48. The lowest BCUT2D eigenvalue weighted by molar-refractivity contribution is -0.153. The molecule has 1 aliphatic heterocycles. The van der Waals surface area contributed by atoms with Crippen LogP contribution in [-0.4, -0.2) is 71.1 Å². The fraction of sp³-hybridized carbons (Fsp3) is 0.545. The molecule has 1 heterocycles. The van der Waals surface area contributed by atoms with Gasteiger partial charge in [-0.15, -0.1) is 0 Å². The number of ether oxygens (including phenoxy) is 2. The summed E-state index contributed by atoms with van der Waals surface area (Å²) in [5.74, 6) is -0.0763. The van der Waals surface area contributed by atoms with Crippen LogP contribution < -0.4 is 5.32 Å². The molecule has 2 aromatic carbocycles. The average Bonchev–Trinajstić information content (AvgIpc) is 3.28. The molecule has 0 aliphatic carbocycles. The molecular weight excluding hydrogens is 518 g/mol. The zero-order valence-electron chi connectivity index (χ0n) is 25.4. The van der Waals surface area contributed by atoms with Crippen molar-refractivity contribution in [1.29, 1.82) is 0 Å². The summed E-state index contributed by atoms with van der Waals surface area (Å²) in [5, 5.41) is 3.26. The number of rotatable bonds is 13. The molecule has 4 atom stereocenters. The molecule has 1 aliphatic rings. The van der Waals surface area contributed by atoms with Crippen molar-refractivity contribution in [2.45, 2.75) is 97.2 Å². The molecular formula is C33H47N3O5. The van der Waals surface area contributed by atoms with Gasteiger partial charge in [-0.1, -0.05) is 74.5 Å². The number of esters is 1. The van der Waals surface area contributed by atoms with E-state index in [1.165, 1.54) is 0 Å². The van der Waals surface area contributed by atoms with Crippen molar-refractivity contribution >= 4 is 18.3 Å². The number of carbonyl (C=O) groups excluding carboxylic acids is 3. The number of nitrogens with one attached hydrogen (secondary N) is 1. The van der Waals surface area contributed by atoms with Gasteiger partial charge in [0.05, 0.1) is 18.8 Å². The Hall–Kier alpha value is -3.23. The second-order valence-electron chi connectivity index (χ2n) is 12.3. The molecule has 0 aromatic heterocycles. The highest BCUT2D eigenvalue weighted by atomic mass is 16.6. The van der Waals surface area contributed by atoms with Crippen LogP contribution in [-0.2, 0) is 32.1 Å². The lowest BCUT2D eigenvalue weighted by Gasteiger charge is -2.33. The Morgan fingerprint density at radius 3 is 2.15 bits per heavy atom.